The molecule has 1 N–H and O–H groups in total. The first kappa shape index (κ1) is 12.2. The second kappa shape index (κ2) is 5.41. The van der Waals surface area contributed by atoms with Crippen molar-refractivity contribution in [2.24, 2.45) is 0 Å². The Bertz CT molecular complexity index is 259. The summed E-state index contributed by atoms with van der Waals surface area (Å²) in [7, 11) is 0. The Kier molecular flexibility index (Phi) is 4.14. The van der Waals surface area contributed by atoms with E-state index >= 15 is 0 Å². The highest BCUT2D eigenvalue weighted by Gasteiger charge is 2.38. The van der Waals surface area contributed by atoms with Gasteiger partial charge in [-0.2, -0.15) is 11.8 Å². The van der Waals surface area contributed by atoms with Crippen LogP contribution in [-0.4, -0.2) is 40.6 Å². The minimum Gasteiger partial charge on any atom is -0.323 e. The summed E-state index contributed by atoms with van der Waals surface area (Å²) in [6.45, 7) is 4.91. The minimum atomic E-state index is 0.294. The van der Waals surface area contributed by atoms with Crippen LogP contribution in [0.2, 0.25) is 0 Å². The van der Waals surface area contributed by atoms with Gasteiger partial charge in [0.05, 0.1) is 12.7 Å². The van der Waals surface area contributed by atoms with Crippen molar-refractivity contribution in [3.63, 3.8) is 0 Å². The van der Waals surface area contributed by atoms with Gasteiger partial charge in [0.2, 0.25) is 5.91 Å². The van der Waals surface area contributed by atoms with Gasteiger partial charge in [-0.15, -0.1) is 0 Å². The van der Waals surface area contributed by atoms with E-state index in [1.54, 1.807) is 0 Å². The molecule has 2 rings (SSSR count). The van der Waals surface area contributed by atoms with Crippen LogP contribution in [0.4, 0.5) is 0 Å². The molecule has 0 aromatic rings. The lowest BCUT2D eigenvalue weighted by atomic mass is 10.2. The van der Waals surface area contributed by atoms with Gasteiger partial charge in [-0.05, 0) is 31.4 Å². The van der Waals surface area contributed by atoms with Crippen LogP contribution in [0.3, 0.4) is 0 Å². The van der Waals surface area contributed by atoms with Crippen molar-refractivity contribution in [2.45, 2.75) is 57.0 Å². The van der Waals surface area contributed by atoms with Crippen LogP contribution in [0.5, 0.6) is 0 Å². The Morgan fingerprint density at radius 1 is 1.44 bits per heavy atom. The van der Waals surface area contributed by atoms with Crippen molar-refractivity contribution in [1.29, 1.82) is 0 Å². The zero-order valence-electron chi connectivity index (χ0n) is 10.2. The quantitative estimate of drug-likeness (QED) is 0.816. The summed E-state index contributed by atoms with van der Waals surface area (Å²) in [6.07, 6.45) is 4.99. The van der Waals surface area contributed by atoms with Crippen LogP contribution in [0.15, 0.2) is 0 Å². The normalized spacial score (nSPS) is 35.0. The zero-order valence-corrected chi connectivity index (χ0v) is 11.1. The van der Waals surface area contributed by atoms with E-state index < -0.39 is 0 Å². The lowest BCUT2D eigenvalue weighted by Crippen LogP contribution is -2.43. The number of carbonyl (C=O) groups excluding carboxylic acids is 1. The maximum atomic E-state index is 11.9. The molecule has 1 amide bonds. The monoisotopic (exact) mass is 242 g/mol. The van der Waals surface area contributed by atoms with E-state index in [0.29, 0.717) is 24.7 Å². The van der Waals surface area contributed by atoms with Crippen LogP contribution in [0.1, 0.15) is 39.5 Å². The summed E-state index contributed by atoms with van der Waals surface area (Å²) in [4.78, 5) is 14.0. The third-order valence-corrected chi connectivity index (χ3v) is 4.88. The number of hydrogen-bond acceptors (Lipinski definition) is 3. The molecule has 0 bridgehead atoms. The molecule has 1 aliphatic carbocycles. The van der Waals surface area contributed by atoms with Crippen LogP contribution in [-0.2, 0) is 4.79 Å². The van der Waals surface area contributed by atoms with E-state index in [1.807, 2.05) is 0 Å². The highest BCUT2D eigenvalue weighted by molar-refractivity contribution is 7.99. The first-order valence-electron chi connectivity index (χ1n) is 6.42. The number of nitrogens with zero attached hydrogens (tertiary/aromatic N) is 1. The van der Waals surface area contributed by atoms with Crippen molar-refractivity contribution in [1.82, 2.24) is 10.2 Å². The van der Waals surface area contributed by atoms with Crippen molar-refractivity contribution >= 4 is 17.7 Å². The van der Waals surface area contributed by atoms with Crippen molar-refractivity contribution in [2.75, 3.05) is 12.3 Å². The number of thioether (sulfide) groups is 1. The second-order valence-electron chi connectivity index (χ2n) is 4.65. The van der Waals surface area contributed by atoms with Crippen LogP contribution in [0.25, 0.3) is 0 Å². The Hall–Kier alpha value is -0.220. The topological polar surface area (TPSA) is 32.3 Å². The van der Waals surface area contributed by atoms with Gasteiger partial charge in [0.1, 0.15) is 0 Å². The molecule has 0 aromatic carbocycles. The Morgan fingerprint density at radius 3 is 2.94 bits per heavy atom. The van der Waals surface area contributed by atoms with E-state index in [-0.39, 0.29) is 0 Å². The lowest BCUT2D eigenvalue weighted by molar-refractivity contribution is -0.130. The molecule has 1 saturated carbocycles. The predicted molar refractivity (Wildman–Crippen MR) is 68.5 cm³/mol. The van der Waals surface area contributed by atoms with Crippen LogP contribution < -0.4 is 5.32 Å². The average molecular weight is 242 g/mol. The largest absolute Gasteiger partial charge is 0.323 e. The minimum absolute atomic E-state index is 0.294. The molecule has 4 heteroatoms. The van der Waals surface area contributed by atoms with Gasteiger partial charge >= 0.3 is 0 Å². The van der Waals surface area contributed by atoms with Crippen LogP contribution >= 0.6 is 11.8 Å². The van der Waals surface area contributed by atoms with Gasteiger partial charge in [-0.25, -0.2) is 0 Å². The number of amides is 1. The SMILES string of the molecule is CCSC1CCC(N2C(=O)CNC2CC)C1. The van der Waals surface area contributed by atoms with E-state index in [9.17, 15) is 4.79 Å². The molecule has 0 aromatic heterocycles. The molecule has 1 saturated heterocycles. The fourth-order valence-electron chi connectivity index (χ4n) is 2.92. The zero-order chi connectivity index (χ0) is 11.5. The predicted octanol–water partition coefficient (Wildman–Crippen LogP) is 1.83. The van der Waals surface area contributed by atoms with E-state index in [0.717, 1.165) is 11.7 Å². The standard InChI is InChI=1S/C12H22N2OS/c1-3-11-13-8-12(15)14(11)9-5-6-10(7-9)16-4-2/h9-11,13H,3-8H2,1-2H3. The molecule has 2 fully saturated rings. The number of rotatable bonds is 4. The number of nitrogens with one attached hydrogen (secondary N) is 1. The number of hydrogen-bond donors (Lipinski definition) is 1. The molecular formula is C12H22N2OS. The van der Waals surface area contributed by atoms with Gasteiger partial charge in [-0.3, -0.25) is 10.1 Å². The third-order valence-electron chi connectivity index (χ3n) is 3.65. The fraction of sp³-hybridized carbons (Fsp3) is 0.917. The highest BCUT2D eigenvalue weighted by Crippen LogP contribution is 2.34. The summed E-state index contributed by atoms with van der Waals surface area (Å²) in [6, 6.07) is 0.497. The van der Waals surface area contributed by atoms with Crippen molar-refractivity contribution in [3.8, 4) is 0 Å². The molecule has 0 spiro atoms. The molecule has 3 atom stereocenters. The first-order valence-corrected chi connectivity index (χ1v) is 7.47. The van der Waals surface area contributed by atoms with Crippen molar-refractivity contribution in [3.05, 3.63) is 0 Å². The molecular weight excluding hydrogens is 220 g/mol. The molecule has 1 aliphatic heterocycles. The van der Waals surface area contributed by atoms with E-state index in [4.69, 9.17) is 0 Å². The molecule has 2 aliphatic rings. The molecule has 3 nitrogen and oxygen atoms in total. The van der Waals surface area contributed by atoms with E-state index in [2.05, 4.69) is 35.8 Å². The van der Waals surface area contributed by atoms with Gasteiger partial charge in [0, 0.05) is 11.3 Å². The van der Waals surface area contributed by atoms with Crippen LogP contribution in [0, 0.1) is 0 Å². The molecule has 3 unspecified atom stereocenters. The van der Waals surface area contributed by atoms with Crippen molar-refractivity contribution < 1.29 is 4.79 Å². The Labute approximate surface area is 102 Å². The van der Waals surface area contributed by atoms with E-state index in [1.165, 1.54) is 25.0 Å². The maximum Gasteiger partial charge on any atom is 0.238 e. The van der Waals surface area contributed by atoms with Gasteiger partial charge in [-0.1, -0.05) is 13.8 Å². The first-order chi connectivity index (χ1) is 7.76. The summed E-state index contributed by atoms with van der Waals surface area (Å²) < 4.78 is 0. The molecule has 0 radical (unpaired) electrons. The fourth-order valence-corrected chi connectivity index (χ4v) is 4.06. The summed E-state index contributed by atoms with van der Waals surface area (Å²) in [5, 5.41) is 4.08. The Balaban J connectivity index is 1.94. The Morgan fingerprint density at radius 2 is 2.25 bits per heavy atom. The summed E-state index contributed by atoms with van der Waals surface area (Å²) >= 11 is 2.05. The third kappa shape index (κ3) is 2.38. The average Bonchev–Trinajstić information content (AvgIpc) is 2.85. The highest BCUT2D eigenvalue weighted by atomic mass is 32.2. The van der Waals surface area contributed by atoms with Gasteiger partial charge < -0.3 is 4.90 Å². The summed E-state index contributed by atoms with van der Waals surface area (Å²) in [5.41, 5.74) is 0. The smallest absolute Gasteiger partial charge is 0.238 e. The maximum absolute atomic E-state index is 11.9. The lowest BCUT2D eigenvalue weighted by Gasteiger charge is -2.29. The van der Waals surface area contributed by atoms with Gasteiger partial charge in [0.15, 0.2) is 0 Å². The summed E-state index contributed by atoms with van der Waals surface area (Å²) in [5.74, 6) is 1.50. The number of carbonyl (C=O) groups is 1. The molecule has 1 heterocycles. The van der Waals surface area contributed by atoms with Gasteiger partial charge in [0.25, 0.3) is 0 Å². The molecule has 16 heavy (non-hydrogen) atoms. The molecule has 92 valence electrons. The second-order valence-corrected chi connectivity index (χ2v) is 6.23.